The summed E-state index contributed by atoms with van der Waals surface area (Å²) in [4.78, 5) is 11.1. The van der Waals surface area contributed by atoms with Crippen LogP contribution in [0.15, 0.2) is 36.4 Å². The van der Waals surface area contributed by atoms with Gasteiger partial charge in [0, 0.05) is 12.2 Å². The van der Waals surface area contributed by atoms with Crippen molar-refractivity contribution in [3.8, 4) is 11.3 Å². The lowest BCUT2D eigenvalue weighted by Gasteiger charge is -2.10. The molecule has 1 aromatic heterocycles. The molecule has 0 fully saturated rings. The second kappa shape index (κ2) is 5.08. The first-order chi connectivity index (χ1) is 8.67. The first-order valence-electron chi connectivity index (χ1n) is 6.19. The summed E-state index contributed by atoms with van der Waals surface area (Å²) < 4.78 is 1.83. The Kier molecular flexibility index (Phi) is 3.51. The number of aryl methyl sites for hydroxylation is 1. The number of carbonyl (C=O) groups is 1. The standard InChI is InChI=1S/C15H17NO2/c1-3-11-6-5-7-12(10-11)13-8-9-14(15(17)18)16(13)4-2/h5-10H,3-4H2,1-2H3,(H,17,18). The highest BCUT2D eigenvalue weighted by Gasteiger charge is 2.13. The van der Waals surface area contributed by atoms with Crippen LogP contribution in [0.5, 0.6) is 0 Å². The molecule has 1 N–H and O–H groups in total. The number of nitrogens with zero attached hydrogens (tertiary/aromatic N) is 1. The van der Waals surface area contributed by atoms with E-state index in [0.717, 1.165) is 17.7 Å². The molecule has 0 atom stereocenters. The molecular formula is C15H17NO2. The molecular weight excluding hydrogens is 226 g/mol. The van der Waals surface area contributed by atoms with Gasteiger partial charge in [-0.25, -0.2) is 4.79 Å². The fourth-order valence-corrected chi connectivity index (χ4v) is 2.20. The van der Waals surface area contributed by atoms with Crippen molar-refractivity contribution in [2.45, 2.75) is 26.8 Å². The van der Waals surface area contributed by atoms with E-state index < -0.39 is 5.97 Å². The monoisotopic (exact) mass is 243 g/mol. The van der Waals surface area contributed by atoms with Gasteiger partial charge in [-0.05, 0) is 42.7 Å². The average molecular weight is 243 g/mol. The molecule has 3 heteroatoms. The summed E-state index contributed by atoms with van der Waals surface area (Å²) in [5.74, 6) is -0.880. The van der Waals surface area contributed by atoms with Crippen LogP contribution in [0.4, 0.5) is 0 Å². The number of aromatic carboxylic acids is 1. The van der Waals surface area contributed by atoms with E-state index in [1.165, 1.54) is 5.56 Å². The van der Waals surface area contributed by atoms with Crippen molar-refractivity contribution >= 4 is 5.97 Å². The Morgan fingerprint density at radius 3 is 2.61 bits per heavy atom. The third kappa shape index (κ3) is 2.16. The van der Waals surface area contributed by atoms with Gasteiger partial charge in [0.25, 0.3) is 0 Å². The Morgan fingerprint density at radius 2 is 2.00 bits per heavy atom. The molecule has 1 heterocycles. The summed E-state index contributed by atoms with van der Waals surface area (Å²) in [6, 6.07) is 11.8. The summed E-state index contributed by atoms with van der Waals surface area (Å²) in [5, 5.41) is 9.14. The van der Waals surface area contributed by atoms with Crippen LogP contribution in [0.25, 0.3) is 11.3 Å². The normalized spacial score (nSPS) is 10.6. The van der Waals surface area contributed by atoms with Crippen molar-refractivity contribution in [3.05, 3.63) is 47.7 Å². The number of rotatable bonds is 4. The molecule has 0 spiro atoms. The second-order valence-electron chi connectivity index (χ2n) is 4.21. The lowest BCUT2D eigenvalue weighted by molar-refractivity contribution is 0.0685. The molecule has 3 nitrogen and oxygen atoms in total. The van der Waals surface area contributed by atoms with Crippen molar-refractivity contribution in [1.29, 1.82) is 0 Å². The van der Waals surface area contributed by atoms with Gasteiger partial charge in [-0.2, -0.15) is 0 Å². The highest BCUT2D eigenvalue weighted by molar-refractivity contribution is 5.87. The van der Waals surface area contributed by atoms with Gasteiger partial charge in [-0.3, -0.25) is 0 Å². The predicted molar refractivity (Wildman–Crippen MR) is 71.9 cm³/mol. The van der Waals surface area contributed by atoms with Crippen LogP contribution in [-0.2, 0) is 13.0 Å². The SMILES string of the molecule is CCc1cccc(-c2ccc(C(=O)O)n2CC)c1. The molecule has 0 amide bonds. The molecule has 1 aromatic carbocycles. The third-order valence-corrected chi connectivity index (χ3v) is 3.15. The van der Waals surface area contributed by atoms with Crippen LogP contribution in [0.1, 0.15) is 29.9 Å². The molecule has 0 aliphatic rings. The number of aromatic nitrogens is 1. The quantitative estimate of drug-likeness (QED) is 0.893. The Morgan fingerprint density at radius 1 is 1.22 bits per heavy atom. The largest absolute Gasteiger partial charge is 0.477 e. The van der Waals surface area contributed by atoms with E-state index in [1.54, 1.807) is 6.07 Å². The van der Waals surface area contributed by atoms with E-state index in [9.17, 15) is 4.79 Å². The highest BCUT2D eigenvalue weighted by Crippen LogP contribution is 2.24. The Bertz CT molecular complexity index is 570. The van der Waals surface area contributed by atoms with Crippen molar-refractivity contribution in [1.82, 2.24) is 4.57 Å². The van der Waals surface area contributed by atoms with E-state index in [0.29, 0.717) is 12.2 Å². The number of carboxylic acid groups (broad SMARTS) is 1. The molecule has 0 aliphatic carbocycles. The molecule has 0 unspecified atom stereocenters. The van der Waals surface area contributed by atoms with E-state index >= 15 is 0 Å². The van der Waals surface area contributed by atoms with Crippen LogP contribution in [0.2, 0.25) is 0 Å². The number of carboxylic acids is 1. The van der Waals surface area contributed by atoms with Crippen LogP contribution in [0.3, 0.4) is 0 Å². The first kappa shape index (κ1) is 12.4. The van der Waals surface area contributed by atoms with E-state index in [1.807, 2.05) is 29.7 Å². The molecule has 0 radical (unpaired) electrons. The highest BCUT2D eigenvalue weighted by atomic mass is 16.4. The van der Waals surface area contributed by atoms with Gasteiger partial charge in [0.1, 0.15) is 5.69 Å². The lowest BCUT2D eigenvalue weighted by Crippen LogP contribution is -2.08. The van der Waals surface area contributed by atoms with Gasteiger partial charge in [0.05, 0.1) is 0 Å². The summed E-state index contributed by atoms with van der Waals surface area (Å²) in [6.07, 6.45) is 0.979. The van der Waals surface area contributed by atoms with Gasteiger partial charge in [-0.15, -0.1) is 0 Å². The summed E-state index contributed by atoms with van der Waals surface area (Å²) >= 11 is 0. The van der Waals surface area contributed by atoms with Gasteiger partial charge in [-0.1, -0.05) is 25.1 Å². The first-order valence-corrected chi connectivity index (χ1v) is 6.19. The molecule has 18 heavy (non-hydrogen) atoms. The van der Waals surface area contributed by atoms with E-state index in [4.69, 9.17) is 5.11 Å². The predicted octanol–water partition coefficient (Wildman–Crippen LogP) is 3.44. The molecule has 0 aliphatic heterocycles. The molecule has 0 saturated carbocycles. The third-order valence-electron chi connectivity index (χ3n) is 3.15. The Hall–Kier alpha value is -2.03. The zero-order chi connectivity index (χ0) is 13.1. The maximum atomic E-state index is 11.1. The summed E-state index contributed by atoms with van der Waals surface area (Å²) in [7, 11) is 0. The van der Waals surface area contributed by atoms with E-state index in [-0.39, 0.29) is 0 Å². The number of benzene rings is 1. The van der Waals surface area contributed by atoms with Gasteiger partial charge >= 0.3 is 5.97 Å². The molecule has 2 rings (SSSR count). The van der Waals surface area contributed by atoms with Crippen molar-refractivity contribution in [2.24, 2.45) is 0 Å². The molecule has 0 saturated heterocycles. The maximum Gasteiger partial charge on any atom is 0.352 e. The number of hydrogen-bond donors (Lipinski definition) is 1. The summed E-state index contributed by atoms with van der Waals surface area (Å²) in [6.45, 7) is 4.72. The van der Waals surface area contributed by atoms with Crippen molar-refractivity contribution < 1.29 is 9.90 Å². The van der Waals surface area contributed by atoms with Crippen LogP contribution >= 0.6 is 0 Å². The summed E-state index contributed by atoms with van der Waals surface area (Å²) in [5.41, 5.74) is 3.64. The maximum absolute atomic E-state index is 11.1. The van der Waals surface area contributed by atoms with Crippen LogP contribution in [0, 0.1) is 0 Å². The van der Waals surface area contributed by atoms with Gasteiger partial charge in [0.2, 0.25) is 0 Å². The van der Waals surface area contributed by atoms with Crippen LogP contribution in [-0.4, -0.2) is 15.6 Å². The minimum atomic E-state index is -0.880. The molecule has 2 aromatic rings. The smallest absolute Gasteiger partial charge is 0.352 e. The van der Waals surface area contributed by atoms with Gasteiger partial charge < -0.3 is 9.67 Å². The molecule has 94 valence electrons. The zero-order valence-corrected chi connectivity index (χ0v) is 10.7. The Labute approximate surface area is 107 Å². The average Bonchev–Trinajstić information content (AvgIpc) is 2.82. The van der Waals surface area contributed by atoms with E-state index in [2.05, 4.69) is 19.1 Å². The zero-order valence-electron chi connectivity index (χ0n) is 10.7. The fraction of sp³-hybridized carbons (Fsp3) is 0.267. The Balaban J connectivity index is 2.53. The topological polar surface area (TPSA) is 42.2 Å². The fourth-order valence-electron chi connectivity index (χ4n) is 2.20. The minimum Gasteiger partial charge on any atom is -0.477 e. The van der Waals surface area contributed by atoms with Crippen molar-refractivity contribution in [2.75, 3.05) is 0 Å². The minimum absolute atomic E-state index is 0.342. The van der Waals surface area contributed by atoms with Gasteiger partial charge in [0.15, 0.2) is 0 Å². The number of hydrogen-bond acceptors (Lipinski definition) is 1. The molecule has 0 bridgehead atoms. The van der Waals surface area contributed by atoms with Crippen molar-refractivity contribution in [3.63, 3.8) is 0 Å². The lowest BCUT2D eigenvalue weighted by atomic mass is 10.1. The van der Waals surface area contributed by atoms with Crippen LogP contribution < -0.4 is 0 Å². The second-order valence-corrected chi connectivity index (χ2v) is 4.21.